The Labute approximate surface area is 176 Å². The summed E-state index contributed by atoms with van der Waals surface area (Å²) in [5, 5.41) is 8.46. The van der Waals surface area contributed by atoms with Crippen LogP contribution in [-0.2, 0) is 6.54 Å². The lowest BCUT2D eigenvalue weighted by atomic mass is 9.99. The Hall–Kier alpha value is -3.54. The van der Waals surface area contributed by atoms with Gasteiger partial charge >= 0.3 is 0 Å². The van der Waals surface area contributed by atoms with E-state index in [-0.39, 0.29) is 5.91 Å². The first kappa shape index (κ1) is 19.8. The summed E-state index contributed by atoms with van der Waals surface area (Å²) < 4.78 is 1.90. The molecule has 6 heteroatoms. The first-order valence-corrected chi connectivity index (χ1v) is 10.1. The summed E-state index contributed by atoms with van der Waals surface area (Å²) >= 11 is 0. The molecule has 4 rings (SSSR count). The molecular formula is C24H25N5O. The molecule has 0 saturated carbocycles. The molecule has 0 aliphatic rings. The molecule has 0 aliphatic carbocycles. The van der Waals surface area contributed by atoms with Gasteiger partial charge in [0.15, 0.2) is 0 Å². The van der Waals surface area contributed by atoms with Crippen LogP contribution in [0.3, 0.4) is 0 Å². The normalized spacial score (nSPS) is 11.1. The van der Waals surface area contributed by atoms with Gasteiger partial charge in [-0.05, 0) is 64.4 Å². The highest BCUT2D eigenvalue weighted by Gasteiger charge is 2.19. The van der Waals surface area contributed by atoms with Crippen LogP contribution in [0.15, 0.2) is 42.7 Å². The highest BCUT2D eigenvalue weighted by Crippen LogP contribution is 2.29. The molecule has 152 valence electrons. The predicted octanol–water partition coefficient (Wildman–Crippen LogP) is 5.00. The largest absolute Gasteiger partial charge is 0.319 e. The van der Waals surface area contributed by atoms with Crippen LogP contribution >= 0.6 is 0 Å². The van der Waals surface area contributed by atoms with Crippen molar-refractivity contribution in [2.75, 3.05) is 5.32 Å². The van der Waals surface area contributed by atoms with Gasteiger partial charge in [0.2, 0.25) is 0 Å². The van der Waals surface area contributed by atoms with Crippen LogP contribution in [0.25, 0.3) is 22.2 Å². The van der Waals surface area contributed by atoms with Crippen molar-refractivity contribution in [1.82, 2.24) is 19.7 Å². The minimum Gasteiger partial charge on any atom is -0.319 e. The molecule has 1 N–H and O–H groups in total. The van der Waals surface area contributed by atoms with E-state index < -0.39 is 0 Å². The van der Waals surface area contributed by atoms with Gasteiger partial charge in [-0.25, -0.2) is 4.98 Å². The first-order valence-electron chi connectivity index (χ1n) is 10.1. The van der Waals surface area contributed by atoms with E-state index in [1.165, 1.54) is 0 Å². The van der Waals surface area contributed by atoms with Crippen LogP contribution < -0.4 is 5.32 Å². The van der Waals surface area contributed by atoms with Gasteiger partial charge in [-0.1, -0.05) is 11.6 Å². The number of carbonyl (C=O) groups excluding carboxylic acids is 1. The van der Waals surface area contributed by atoms with Crippen LogP contribution in [0.4, 0.5) is 5.69 Å². The Bertz CT molecular complexity index is 1260. The zero-order chi connectivity index (χ0) is 21.4. The molecule has 0 unspecified atom stereocenters. The van der Waals surface area contributed by atoms with Gasteiger partial charge in [-0.3, -0.25) is 14.5 Å². The highest BCUT2D eigenvalue weighted by atomic mass is 16.1. The Morgan fingerprint density at radius 3 is 2.47 bits per heavy atom. The number of carbonyl (C=O) groups is 1. The molecule has 0 atom stereocenters. The summed E-state index contributed by atoms with van der Waals surface area (Å²) in [6.45, 7) is 10.7. The fourth-order valence-corrected chi connectivity index (χ4v) is 3.91. The monoisotopic (exact) mass is 399 g/mol. The van der Waals surface area contributed by atoms with Crippen molar-refractivity contribution < 1.29 is 4.79 Å². The number of nitrogens with zero attached hydrogens (tertiary/aromatic N) is 4. The second-order valence-corrected chi connectivity index (χ2v) is 7.58. The number of rotatable bonds is 4. The average Bonchev–Trinajstić information content (AvgIpc) is 3.01. The summed E-state index contributed by atoms with van der Waals surface area (Å²) in [6, 6.07) is 9.78. The van der Waals surface area contributed by atoms with E-state index in [0.717, 1.165) is 56.9 Å². The van der Waals surface area contributed by atoms with Gasteiger partial charge in [0, 0.05) is 29.9 Å². The first-order chi connectivity index (χ1) is 14.4. The second kappa shape index (κ2) is 7.71. The number of aromatic nitrogens is 4. The van der Waals surface area contributed by atoms with Gasteiger partial charge in [-0.15, -0.1) is 0 Å². The minimum absolute atomic E-state index is 0.162. The van der Waals surface area contributed by atoms with E-state index in [4.69, 9.17) is 4.98 Å². The molecule has 30 heavy (non-hydrogen) atoms. The second-order valence-electron chi connectivity index (χ2n) is 7.58. The van der Waals surface area contributed by atoms with Crippen molar-refractivity contribution in [3.63, 3.8) is 0 Å². The third kappa shape index (κ3) is 3.45. The maximum atomic E-state index is 13.4. The van der Waals surface area contributed by atoms with Crippen molar-refractivity contribution in [3.05, 3.63) is 70.8 Å². The van der Waals surface area contributed by atoms with Gasteiger partial charge < -0.3 is 5.32 Å². The number of amides is 1. The number of hydrogen-bond acceptors (Lipinski definition) is 4. The lowest BCUT2D eigenvalue weighted by molar-refractivity contribution is 0.102. The van der Waals surface area contributed by atoms with E-state index >= 15 is 0 Å². The lowest BCUT2D eigenvalue weighted by Crippen LogP contribution is -2.14. The molecule has 0 spiro atoms. The summed E-state index contributed by atoms with van der Waals surface area (Å²) in [7, 11) is 0. The van der Waals surface area contributed by atoms with Gasteiger partial charge in [0.25, 0.3) is 5.91 Å². The molecule has 1 amide bonds. The van der Waals surface area contributed by atoms with Crippen molar-refractivity contribution >= 4 is 22.5 Å². The van der Waals surface area contributed by atoms with E-state index in [1.54, 1.807) is 12.4 Å². The zero-order valence-corrected chi connectivity index (χ0v) is 17.9. The fraction of sp³-hybridized carbons (Fsp3) is 0.250. The number of pyridine rings is 2. The quantitative estimate of drug-likeness (QED) is 0.524. The number of anilines is 1. The van der Waals surface area contributed by atoms with Crippen LogP contribution in [0.5, 0.6) is 0 Å². The molecule has 6 nitrogen and oxygen atoms in total. The molecule has 3 heterocycles. The fourth-order valence-electron chi connectivity index (χ4n) is 3.91. The zero-order valence-electron chi connectivity index (χ0n) is 17.9. The Morgan fingerprint density at radius 1 is 1.07 bits per heavy atom. The summed E-state index contributed by atoms with van der Waals surface area (Å²) in [6.07, 6.45) is 3.46. The lowest BCUT2D eigenvalue weighted by Gasteiger charge is -2.13. The topological polar surface area (TPSA) is 72.7 Å². The molecule has 0 saturated heterocycles. The average molecular weight is 399 g/mol. The van der Waals surface area contributed by atoms with E-state index in [0.29, 0.717) is 5.56 Å². The molecule has 1 aromatic carbocycles. The molecule has 0 aliphatic heterocycles. The maximum Gasteiger partial charge on any atom is 0.256 e. The third-order valence-corrected chi connectivity index (χ3v) is 5.39. The van der Waals surface area contributed by atoms with Crippen molar-refractivity contribution in [1.29, 1.82) is 0 Å². The van der Waals surface area contributed by atoms with Crippen LogP contribution in [0.1, 0.15) is 39.8 Å². The maximum absolute atomic E-state index is 13.4. The molecule has 4 aromatic rings. The number of benzene rings is 1. The Balaban J connectivity index is 1.88. The van der Waals surface area contributed by atoms with E-state index in [2.05, 4.69) is 21.5 Å². The van der Waals surface area contributed by atoms with Crippen LogP contribution in [0.2, 0.25) is 0 Å². The van der Waals surface area contributed by atoms with Crippen LogP contribution in [-0.4, -0.2) is 25.7 Å². The van der Waals surface area contributed by atoms with Gasteiger partial charge in [0.05, 0.1) is 33.8 Å². The SMILES string of the molecule is CCn1nc(C)c(NC(=O)c2cc(-c3ccncc3)nc3c(C)cc(C)cc23)c1C. The van der Waals surface area contributed by atoms with Crippen molar-refractivity contribution in [2.24, 2.45) is 0 Å². The number of nitrogens with one attached hydrogen (secondary N) is 1. The third-order valence-electron chi connectivity index (χ3n) is 5.39. The van der Waals surface area contributed by atoms with E-state index in [9.17, 15) is 4.79 Å². The summed E-state index contributed by atoms with van der Waals surface area (Å²) in [4.78, 5) is 22.4. The number of aryl methyl sites for hydroxylation is 4. The van der Waals surface area contributed by atoms with Crippen LogP contribution in [0, 0.1) is 27.7 Å². The predicted molar refractivity (Wildman–Crippen MR) is 120 cm³/mol. The minimum atomic E-state index is -0.162. The smallest absolute Gasteiger partial charge is 0.256 e. The van der Waals surface area contributed by atoms with E-state index in [1.807, 2.05) is 63.6 Å². The summed E-state index contributed by atoms with van der Waals surface area (Å²) in [5.74, 6) is -0.162. The number of hydrogen-bond donors (Lipinski definition) is 1. The number of fused-ring (bicyclic) bond motifs is 1. The molecular weight excluding hydrogens is 374 g/mol. The Morgan fingerprint density at radius 2 is 1.80 bits per heavy atom. The molecule has 0 bridgehead atoms. The van der Waals surface area contributed by atoms with Crippen molar-refractivity contribution in [2.45, 2.75) is 41.2 Å². The standard InChI is InChI=1S/C24H25N5O/c1-6-29-17(5)23(16(4)28-29)27-24(30)20-13-21(18-7-9-25-10-8-18)26-22-15(3)11-14(2)12-19(20)22/h7-13H,6H2,1-5H3,(H,27,30). The molecule has 0 radical (unpaired) electrons. The molecule has 0 fully saturated rings. The van der Waals surface area contributed by atoms with Crippen molar-refractivity contribution in [3.8, 4) is 11.3 Å². The van der Waals surface area contributed by atoms with Gasteiger partial charge in [-0.2, -0.15) is 5.10 Å². The summed E-state index contributed by atoms with van der Waals surface area (Å²) in [5.41, 5.74) is 7.76. The van der Waals surface area contributed by atoms with Gasteiger partial charge in [0.1, 0.15) is 0 Å². The highest BCUT2D eigenvalue weighted by molar-refractivity contribution is 6.14. The molecule has 3 aromatic heterocycles. The Kier molecular flexibility index (Phi) is 5.08.